The molecule has 1 saturated heterocycles. The molecule has 1 aromatic heterocycles. The van der Waals surface area contributed by atoms with Gasteiger partial charge in [0.2, 0.25) is 0 Å². The topological polar surface area (TPSA) is 87.3 Å². The van der Waals surface area contributed by atoms with Crippen LogP contribution in [0.4, 0.5) is 0 Å². The molecule has 1 fully saturated rings. The number of ether oxygens (including phenoxy) is 2. The van der Waals surface area contributed by atoms with Crippen molar-refractivity contribution in [2.24, 2.45) is 0 Å². The van der Waals surface area contributed by atoms with Gasteiger partial charge in [0.1, 0.15) is 24.1 Å². The van der Waals surface area contributed by atoms with Crippen LogP contribution in [0.25, 0.3) is 0 Å². The molecular formula is C22H35N5O4. The van der Waals surface area contributed by atoms with E-state index in [4.69, 9.17) is 14.1 Å². The predicted octanol–water partition coefficient (Wildman–Crippen LogP) is 1.40. The molecule has 0 amide bonds. The van der Waals surface area contributed by atoms with Gasteiger partial charge in [-0.05, 0) is 38.2 Å². The molecule has 9 nitrogen and oxygen atoms in total. The third kappa shape index (κ3) is 6.90. The molecule has 0 saturated carbocycles. The number of aliphatic hydroxyl groups excluding tert-OH is 1. The number of nitrogens with zero attached hydrogens (tertiary/aromatic N) is 5. The Balaban J connectivity index is 1.48. The van der Waals surface area contributed by atoms with Crippen LogP contribution in [0.1, 0.15) is 23.9 Å². The number of aryl methyl sites for hydroxylation is 1. The van der Waals surface area contributed by atoms with Gasteiger partial charge in [0.25, 0.3) is 0 Å². The van der Waals surface area contributed by atoms with Crippen LogP contribution in [0.5, 0.6) is 11.5 Å². The zero-order valence-corrected chi connectivity index (χ0v) is 19.1. The molecular weight excluding hydrogens is 398 g/mol. The van der Waals surface area contributed by atoms with Gasteiger partial charge in [0.05, 0.1) is 7.11 Å². The van der Waals surface area contributed by atoms with E-state index in [1.165, 1.54) is 0 Å². The molecule has 3 rings (SSSR count). The van der Waals surface area contributed by atoms with Gasteiger partial charge in [0.15, 0.2) is 11.5 Å². The van der Waals surface area contributed by atoms with E-state index in [9.17, 15) is 5.11 Å². The lowest BCUT2D eigenvalue weighted by Crippen LogP contribution is -2.49. The summed E-state index contributed by atoms with van der Waals surface area (Å²) in [4.78, 5) is 6.85. The third-order valence-electron chi connectivity index (χ3n) is 5.66. The first kappa shape index (κ1) is 23.5. The number of benzene rings is 1. The number of rotatable bonds is 11. The maximum Gasteiger partial charge on any atom is 0.161 e. The minimum absolute atomic E-state index is 0.238. The standard InChI is InChI=1S/C22H35N5O4/c1-5-26-8-10-27(11-9-26)14-19(28)16-30-21-7-6-18(12-22(21)29-4)13-25(3)15-20-17(2)23-31-24-20/h6-7,12,19,28H,5,8-11,13-16H2,1-4H3/t19-/m0/s1. The molecule has 1 atom stereocenters. The monoisotopic (exact) mass is 433 g/mol. The molecule has 0 radical (unpaired) electrons. The van der Waals surface area contributed by atoms with Gasteiger partial charge in [-0.1, -0.05) is 23.3 Å². The van der Waals surface area contributed by atoms with Crippen LogP contribution in [0.2, 0.25) is 0 Å². The molecule has 1 aromatic carbocycles. The fourth-order valence-corrected chi connectivity index (χ4v) is 3.77. The third-order valence-corrected chi connectivity index (χ3v) is 5.66. The van der Waals surface area contributed by atoms with Crippen molar-refractivity contribution in [3.63, 3.8) is 0 Å². The Labute approximate surface area is 184 Å². The van der Waals surface area contributed by atoms with Gasteiger partial charge in [-0.25, -0.2) is 4.63 Å². The number of β-amino-alcohol motifs (C(OH)–C–C–N with tert-alkyl or cyclic N) is 1. The van der Waals surface area contributed by atoms with E-state index < -0.39 is 6.10 Å². The molecule has 1 aliphatic heterocycles. The lowest BCUT2D eigenvalue weighted by Gasteiger charge is -2.34. The molecule has 0 unspecified atom stereocenters. The summed E-state index contributed by atoms with van der Waals surface area (Å²) >= 11 is 0. The van der Waals surface area contributed by atoms with Crippen molar-refractivity contribution in [1.29, 1.82) is 0 Å². The van der Waals surface area contributed by atoms with Gasteiger partial charge in [-0.15, -0.1) is 0 Å². The minimum Gasteiger partial charge on any atom is -0.493 e. The summed E-state index contributed by atoms with van der Waals surface area (Å²) in [6.07, 6.45) is -0.539. The lowest BCUT2D eigenvalue weighted by atomic mass is 10.2. The second-order valence-corrected chi connectivity index (χ2v) is 8.15. The average Bonchev–Trinajstić information content (AvgIpc) is 3.17. The largest absolute Gasteiger partial charge is 0.493 e. The maximum absolute atomic E-state index is 10.4. The van der Waals surface area contributed by atoms with Crippen molar-refractivity contribution in [3.05, 3.63) is 35.2 Å². The Bertz CT molecular complexity index is 807. The van der Waals surface area contributed by atoms with Crippen molar-refractivity contribution in [3.8, 4) is 11.5 Å². The fourth-order valence-electron chi connectivity index (χ4n) is 3.77. The molecule has 0 aliphatic carbocycles. The predicted molar refractivity (Wildman–Crippen MR) is 117 cm³/mol. The molecule has 2 aromatic rings. The van der Waals surface area contributed by atoms with E-state index in [2.05, 4.69) is 31.9 Å². The number of hydrogen-bond acceptors (Lipinski definition) is 9. The Morgan fingerprint density at radius 2 is 1.87 bits per heavy atom. The Hall–Kier alpha value is -2.20. The molecule has 172 valence electrons. The van der Waals surface area contributed by atoms with Gasteiger partial charge < -0.3 is 19.5 Å². The van der Waals surface area contributed by atoms with Crippen LogP contribution < -0.4 is 9.47 Å². The summed E-state index contributed by atoms with van der Waals surface area (Å²) in [5, 5.41) is 18.2. The van der Waals surface area contributed by atoms with Gasteiger partial charge in [-0.3, -0.25) is 9.80 Å². The van der Waals surface area contributed by atoms with Crippen molar-refractivity contribution in [2.75, 3.05) is 60.0 Å². The van der Waals surface area contributed by atoms with Crippen LogP contribution in [-0.2, 0) is 13.1 Å². The van der Waals surface area contributed by atoms with Crippen molar-refractivity contribution in [2.45, 2.75) is 33.0 Å². The number of aliphatic hydroxyl groups is 1. The molecule has 0 bridgehead atoms. The molecule has 31 heavy (non-hydrogen) atoms. The summed E-state index contributed by atoms with van der Waals surface area (Å²) in [6, 6.07) is 5.88. The summed E-state index contributed by atoms with van der Waals surface area (Å²) < 4.78 is 16.2. The number of likely N-dealkylation sites (N-methyl/N-ethyl adjacent to an activating group) is 1. The van der Waals surface area contributed by atoms with Crippen LogP contribution in [0.3, 0.4) is 0 Å². The zero-order valence-electron chi connectivity index (χ0n) is 19.1. The molecule has 0 spiro atoms. The Morgan fingerprint density at radius 3 is 2.52 bits per heavy atom. The number of aromatic nitrogens is 2. The first-order valence-electron chi connectivity index (χ1n) is 10.9. The van der Waals surface area contributed by atoms with Crippen molar-refractivity contribution >= 4 is 0 Å². The quantitative estimate of drug-likeness (QED) is 0.565. The second-order valence-electron chi connectivity index (χ2n) is 8.15. The van der Waals surface area contributed by atoms with E-state index in [1.54, 1.807) is 7.11 Å². The SMILES string of the molecule is CCN1CCN(C[C@H](O)COc2ccc(CN(C)Cc3nonc3C)cc2OC)CC1. The van der Waals surface area contributed by atoms with E-state index >= 15 is 0 Å². The van der Waals surface area contributed by atoms with E-state index in [0.717, 1.165) is 56.2 Å². The zero-order chi connectivity index (χ0) is 22.2. The highest BCUT2D eigenvalue weighted by Gasteiger charge is 2.19. The van der Waals surface area contributed by atoms with E-state index in [1.807, 2.05) is 32.2 Å². The number of piperazine rings is 1. The maximum atomic E-state index is 10.4. The van der Waals surface area contributed by atoms with Crippen LogP contribution in [-0.4, -0.2) is 96.3 Å². The number of methoxy groups -OCH3 is 1. The summed E-state index contributed by atoms with van der Waals surface area (Å²) in [5.41, 5.74) is 2.73. The van der Waals surface area contributed by atoms with Gasteiger partial charge in [-0.2, -0.15) is 0 Å². The van der Waals surface area contributed by atoms with Crippen LogP contribution in [0, 0.1) is 6.92 Å². The van der Waals surface area contributed by atoms with Gasteiger partial charge >= 0.3 is 0 Å². The number of hydrogen-bond donors (Lipinski definition) is 1. The lowest BCUT2D eigenvalue weighted by molar-refractivity contribution is 0.0464. The second kappa shape index (κ2) is 11.4. The highest BCUT2D eigenvalue weighted by atomic mass is 16.6. The van der Waals surface area contributed by atoms with E-state index in [0.29, 0.717) is 24.6 Å². The Kier molecular flexibility index (Phi) is 8.65. The summed E-state index contributed by atoms with van der Waals surface area (Å²) in [7, 11) is 3.64. The van der Waals surface area contributed by atoms with E-state index in [-0.39, 0.29) is 6.61 Å². The highest BCUT2D eigenvalue weighted by molar-refractivity contribution is 5.43. The average molecular weight is 434 g/mol. The molecule has 2 heterocycles. The molecule has 1 N–H and O–H groups in total. The summed E-state index contributed by atoms with van der Waals surface area (Å²) in [5.74, 6) is 1.30. The first-order valence-corrected chi connectivity index (χ1v) is 10.9. The smallest absolute Gasteiger partial charge is 0.161 e. The normalized spacial score (nSPS) is 16.6. The summed E-state index contributed by atoms with van der Waals surface area (Å²) in [6.45, 7) is 11.5. The first-order chi connectivity index (χ1) is 15.0. The fraction of sp³-hybridized carbons (Fsp3) is 0.636. The molecule has 1 aliphatic rings. The van der Waals surface area contributed by atoms with Crippen molar-refractivity contribution in [1.82, 2.24) is 25.0 Å². The Morgan fingerprint density at radius 1 is 1.13 bits per heavy atom. The van der Waals surface area contributed by atoms with Gasteiger partial charge in [0, 0.05) is 45.8 Å². The minimum atomic E-state index is -0.539. The van der Waals surface area contributed by atoms with Crippen molar-refractivity contribution < 1.29 is 19.2 Å². The van der Waals surface area contributed by atoms with Crippen LogP contribution in [0.15, 0.2) is 22.8 Å². The van der Waals surface area contributed by atoms with Crippen LogP contribution >= 0.6 is 0 Å². The highest BCUT2D eigenvalue weighted by Crippen LogP contribution is 2.29. The molecule has 9 heteroatoms.